The average Bonchev–Trinajstić information content (AvgIpc) is 2.84. The molecular weight excluding hydrogens is 418 g/mol. The predicted octanol–water partition coefficient (Wildman–Crippen LogP) is 3.50. The van der Waals surface area contributed by atoms with Crippen LogP contribution in [0, 0.1) is 11.8 Å². The number of fused-ring (bicyclic) bond motifs is 1. The Kier molecular flexibility index (Phi) is 6.89. The van der Waals surface area contributed by atoms with E-state index in [4.69, 9.17) is 4.74 Å². The van der Waals surface area contributed by atoms with Gasteiger partial charge >= 0.3 is 0 Å². The number of benzene rings is 2. The molecule has 1 saturated heterocycles. The van der Waals surface area contributed by atoms with Crippen molar-refractivity contribution in [1.29, 1.82) is 0 Å². The molecule has 0 saturated carbocycles. The van der Waals surface area contributed by atoms with Crippen molar-refractivity contribution in [2.45, 2.75) is 45.9 Å². The molecule has 33 heavy (non-hydrogen) atoms. The first-order chi connectivity index (χ1) is 15.9. The third-order valence-corrected chi connectivity index (χ3v) is 5.92. The van der Waals surface area contributed by atoms with Gasteiger partial charge in [0.15, 0.2) is 0 Å². The van der Waals surface area contributed by atoms with Gasteiger partial charge in [-0.3, -0.25) is 19.8 Å². The molecule has 4 rings (SSSR count). The fraction of sp³-hybridized carbons (Fsp3) is 0.346. The van der Waals surface area contributed by atoms with Crippen LogP contribution in [0.15, 0.2) is 60.7 Å². The van der Waals surface area contributed by atoms with E-state index in [1.165, 1.54) is 5.01 Å². The lowest BCUT2D eigenvalue weighted by Crippen LogP contribution is -2.59. The van der Waals surface area contributed by atoms with Crippen LogP contribution in [0.2, 0.25) is 0 Å². The molecule has 7 heteroatoms. The Bertz CT molecular complexity index is 1080. The number of hydrogen-bond donors (Lipinski definition) is 2. The summed E-state index contributed by atoms with van der Waals surface area (Å²) in [6, 6.07) is 14.6. The monoisotopic (exact) mass is 447 g/mol. The van der Waals surface area contributed by atoms with Crippen LogP contribution in [0.25, 0.3) is 0 Å². The van der Waals surface area contributed by atoms with Gasteiger partial charge in [-0.05, 0) is 56.0 Å². The third kappa shape index (κ3) is 5.31. The lowest BCUT2D eigenvalue weighted by Gasteiger charge is -2.38. The van der Waals surface area contributed by atoms with E-state index >= 15 is 0 Å². The van der Waals surface area contributed by atoms with Gasteiger partial charge in [0, 0.05) is 12.1 Å². The van der Waals surface area contributed by atoms with E-state index in [0.717, 1.165) is 11.1 Å². The molecule has 2 atom stereocenters. The predicted molar refractivity (Wildman–Crippen MR) is 125 cm³/mol. The normalized spacial score (nSPS) is 19.9. The van der Waals surface area contributed by atoms with Crippen molar-refractivity contribution < 1.29 is 19.1 Å². The van der Waals surface area contributed by atoms with Crippen LogP contribution in [-0.2, 0) is 27.5 Å². The number of amides is 3. The third-order valence-electron chi connectivity index (χ3n) is 5.92. The number of carbonyl (C=O) groups excluding carboxylic acids is 3. The quantitative estimate of drug-likeness (QED) is 0.636. The lowest BCUT2D eigenvalue weighted by molar-refractivity contribution is -0.139. The first-order valence-electron chi connectivity index (χ1n) is 11.3. The molecule has 172 valence electrons. The fourth-order valence-corrected chi connectivity index (χ4v) is 4.15. The molecule has 2 N–H and O–H groups in total. The van der Waals surface area contributed by atoms with E-state index in [9.17, 15) is 14.4 Å². The highest BCUT2D eigenvalue weighted by atomic mass is 16.5. The smallest absolute Gasteiger partial charge is 0.251 e. The second-order valence-electron chi connectivity index (χ2n) is 8.72. The van der Waals surface area contributed by atoms with Gasteiger partial charge in [0.05, 0.1) is 30.2 Å². The number of hydrazine groups is 1. The zero-order chi connectivity index (χ0) is 23.4. The number of nitrogens with one attached hydrogen (secondary N) is 2. The molecule has 2 aromatic rings. The topological polar surface area (TPSA) is 87.7 Å². The SMILES string of the molecule is CC(C)OCc1cccc(CNC(=O)c2cccc(N3NC(=O)C4CC=CCC4C3=O)c2)c1. The summed E-state index contributed by atoms with van der Waals surface area (Å²) < 4.78 is 5.64. The van der Waals surface area contributed by atoms with Crippen molar-refractivity contribution in [2.75, 3.05) is 5.01 Å². The van der Waals surface area contributed by atoms with E-state index in [1.54, 1.807) is 24.3 Å². The Morgan fingerprint density at radius 2 is 1.79 bits per heavy atom. The largest absolute Gasteiger partial charge is 0.374 e. The Hall–Kier alpha value is -3.45. The average molecular weight is 448 g/mol. The van der Waals surface area contributed by atoms with E-state index in [0.29, 0.717) is 37.2 Å². The molecular formula is C26H29N3O4. The van der Waals surface area contributed by atoms with Gasteiger partial charge in [-0.2, -0.15) is 0 Å². The molecule has 0 spiro atoms. The maximum absolute atomic E-state index is 13.0. The molecule has 2 unspecified atom stereocenters. The molecule has 1 aliphatic carbocycles. The number of anilines is 1. The fourth-order valence-electron chi connectivity index (χ4n) is 4.15. The summed E-state index contributed by atoms with van der Waals surface area (Å²) in [5, 5.41) is 4.20. The molecule has 2 aliphatic rings. The van der Waals surface area contributed by atoms with Crippen LogP contribution >= 0.6 is 0 Å². The summed E-state index contributed by atoms with van der Waals surface area (Å²) in [4.78, 5) is 38.3. The molecule has 0 radical (unpaired) electrons. The Balaban J connectivity index is 1.42. The lowest BCUT2D eigenvalue weighted by atomic mass is 9.80. The number of carbonyl (C=O) groups is 3. The zero-order valence-corrected chi connectivity index (χ0v) is 18.9. The van der Waals surface area contributed by atoms with Crippen molar-refractivity contribution in [3.63, 3.8) is 0 Å². The Morgan fingerprint density at radius 1 is 1.06 bits per heavy atom. The Labute approximate surface area is 193 Å². The van der Waals surface area contributed by atoms with E-state index in [1.807, 2.05) is 50.3 Å². The van der Waals surface area contributed by atoms with E-state index in [2.05, 4.69) is 10.7 Å². The van der Waals surface area contributed by atoms with Crippen molar-refractivity contribution in [1.82, 2.24) is 10.7 Å². The zero-order valence-electron chi connectivity index (χ0n) is 18.9. The number of ether oxygens (including phenoxy) is 1. The Morgan fingerprint density at radius 3 is 2.58 bits per heavy atom. The van der Waals surface area contributed by atoms with Gasteiger partial charge in [0.2, 0.25) is 11.8 Å². The van der Waals surface area contributed by atoms with Gasteiger partial charge in [0.1, 0.15) is 0 Å². The minimum absolute atomic E-state index is 0.151. The summed E-state index contributed by atoms with van der Waals surface area (Å²) >= 11 is 0. The van der Waals surface area contributed by atoms with Crippen LogP contribution in [0.4, 0.5) is 5.69 Å². The van der Waals surface area contributed by atoms with Crippen LogP contribution in [-0.4, -0.2) is 23.8 Å². The van der Waals surface area contributed by atoms with Crippen molar-refractivity contribution in [2.24, 2.45) is 11.8 Å². The second kappa shape index (κ2) is 10.0. The van der Waals surface area contributed by atoms with Crippen molar-refractivity contribution >= 4 is 23.4 Å². The highest BCUT2D eigenvalue weighted by Gasteiger charge is 2.42. The van der Waals surface area contributed by atoms with E-state index < -0.39 is 0 Å². The minimum Gasteiger partial charge on any atom is -0.374 e. The highest BCUT2D eigenvalue weighted by Crippen LogP contribution is 2.32. The first kappa shape index (κ1) is 22.7. The standard InChI is InChI=1S/C26H29N3O4/c1-17(2)33-16-19-8-5-7-18(13-19)15-27-24(30)20-9-6-10-21(14-20)29-26(32)23-12-4-3-11-22(23)25(31)28-29/h3-10,13-14,17,22-23H,11-12,15-16H2,1-2H3,(H,27,30)(H,28,31). The highest BCUT2D eigenvalue weighted by molar-refractivity contribution is 6.05. The van der Waals surface area contributed by atoms with Gasteiger partial charge in [-0.1, -0.05) is 42.5 Å². The van der Waals surface area contributed by atoms with Crippen LogP contribution in [0.5, 0.6) is 0 Å². The van der Waals surface area contributed by atoms with Gasteiger partial charge < -0.3 is 10.1 Å². The maximum atomic E-state index is 13.0. The number of hydrogen-bond acceptors (Lipinski definition) is 4. The minimum atomic E-state index is -0.367. The van der Waals surface area contributed by atoms with Crippen LogP contribution < -0.4 is 15.8 Å². The van der Waals surface area contributed by atoms with Crippen LogP contribution in [0.3, 0.4) is 0 Å². The molecule has 0 aromatic heterocycles. The molecule has 1 fully saturated rings. The van der Waals surface area contributed by atoms with Crippen LogP contribution in [0.1, 0.15) is 48.2 Å². The maximum Gasteiger partial charge on any atom is 0.251 e. The first-order valence-corrected chi connectivity index (χ1v) is 11.3. The summed E-state index contributed by atoms with van der Waals surface area (Å²) in [6.07, 6.45) is 5.17. The molecule has 1 heterocycles. The van der Waals surface area contributed by atoms with Gasteiger partial charge in [0.25, 0.3) is 5.91 Å². The second-order valence-corrected chi connectivity index (χ2v) is 8.72. The number of nitrogens with zero attached hydrogens (tertiary/aromatic N) is 1. The molecule has 2 aromatic carbocycles. The van der Waals surface area contributed by atoms with Crippen molar-refractivity contribution in [3.8, 4) is 0 Å². The van der Waals surface area contributed by atoms with Gasteiger partial charge in [-0.15, -0.1) is 0 Å². The number of allylic oxidation sites excluding steroid dienone is 2. The summed E-state index contributed by atoms with van der Waals surface area (Å²) in [6.45, 7) is 4.87. The van der Waals surface area contributed by atoms with Gasteiger partial charge in [-0.25, -0.2) is 5.01 Å². The summed E-state index contributed by atoms with van der Waals surface area (Å²) in [5.41, 5.74) is 5.61. The van der Waals surface area contributed by atoms with E-state index in [-0.39, 0.29) is 35.7 Å². The number of rotatable bonds is 7. The molecule has 3 amide bonds. The summed E-state index contributed by atoms with van der Waals surface area (Å²) in [5.74, 6) is -1.27. The van der Waals surface area contributed by atoms with Crippen molar-refractivity contribution in [3.05, 3.63) is 77.4 Å². The molecule has 7 nitrogen and oxygen atoms in total. The summed E-state index contributed by atoms with van der Waals surface area (Å²) in [7, 11) is 0. The molecule has 1 aliphatic heterocycles. The molecule has 0 bridgehead atoms.